The molecule has 9 nitrogen and oxygen atoms in total. The molecule has 0 spiro atoms. The highest BCUT2D eigenvalue weighted by Gasteiger charge is 2.79. The first-order valence-electron chi connectivity index (χ1n) is 11.8. The number of hydrogen-bond donors (Lipinski definition) is 1. The van der Waals surface area contributed by atoms with Crippen molar-refractivity contribution in [2.75, 3.05) is 0 Å². The summed E-state index contributed by atoms with van der Waals surface area (Å²) in [7, 11) is 0. The van der Waals surface area contributed by atoms with Gasteiger partial charge in [0.05, 0.1) is 29.0 Å². The lowest BCUT2D eigenvalue weighted by atomic mass is 9.52. The number of nitrogens with zero attached hydrogens (tertiary/aromatic N) is 4. The highest BCUT2D eigenvalue weighted by molar-refractivity contribution is 5.89. The topological polar surface area (TPSA) is 157 Å². The molecule has 2 saturated heterocycles. The van der Waals surface area contributed by atoms with Crippen LogP contribution in [0, 0.1) is 66.3 Å². The van der Waals surface area contributed by atoms with Crippen molar-refractivity contribution in [2.45, 2.75) is 76.1 Å². The van der Waals surface area contributed by atoms with E-state index in [0.29, 0.717) is 18.4 Å². The molecule has 1 saturated carbocycles. The van der Waals surface area contributed by atoms with Crippen LogP contribution in [-0.2, 0) is 9.47 Å². The van der Waals surface area contributed by atoms with Crippen molar-refractivity contribution in [1.29, 1.82) is 21.2 Å². The average molecular weight is 462 g/mol. The van der Waals surface area contributed by atoms with Crippen LogP contribution >= 0.6 is 0 Å². The molecule has 3 fully saturated rings. The van der Waals surface area contributed by atoms with Gasteiger partial charge in [0.25, 0.3) is 5.69 Å². The Bertz CT molecular complexity index is 1080. The molecule has 4 atom stereocenters. The molecule has 2 bridgehead atoms. The summed E-state index contributed by atoms with van der Waals surface area (Å²) in [6.07, 6.45) is 7.69. The summed E-state index contributed by atoms with van der Waals surface area (Å²) in [5.74, 6) is -2.32. The average Bonchev–Trinajstić information content (AvgIpc) is 3.02. The van der Waals surface area contributed by atoms with Gasteiger partial charge in [-0.25, -0.2) is 0 Å². The molecule has 0 aromatic heterocycles. The minimum atomic E-state index is -2.04. The third-order valence-electron chi connectivity index (χ3n) is 7.72. The maximum atomic E-state index is 11.1. The van der Waals surface area contributed by atoms with Gasteiger partial charge in [0.2, 0.25) is 17.1 Å². The summed E-state index contributed by atoms with van der Waals surface area (Å²) in [5, 5.41) is 51.2. The highest BCUT2D eigenvalue weighted by Crippen LogP contribution is 2.68. The van der Waals surface area contributed by atoms with Crippen LogP contribution in [0.25, 0.3) is 0 Å². The van der Waals surface area contributed by atoms with Crippen molar-refractivity contribution in [2.24, 2.45) is 16.7 Å². The third-order valence-corrected chi connectivity index (χ3v) is 7.72. The summed E-state index contributed by atoms with van der Waals surface area (Å²) in [5.41, 5.74) is -3.61. The molecule has 4 unspecified atom stereocenters. The van der Waals surface area contributed by atoms with Crippen LogP contribution in [0.15, 0.2) is 24.3 Å². The Morgan fingerprint density at radius 2 is 1.53 bits per heavy atom. The molecule has 3 aliphatic rings. The Morgan fingerprint density at radius 1 is 0.941 bits per heavy atom. The highest BCUT2D eigenvalue weighted by atomic mass is 16.7. The minimum absolute atomic E-state index is 0.136. The Kier molecular flexibility index (Phi) is 6.30. The Balaban J connectivity index is 1.87. The predicted molar refractivity (Wildman–Crippen MR) is 120 cm³/mol. The van der Waals surface area contributed by atoms with Gasteiger partial charge in [-0.15, -0.1) is 0 Å². The lowest BCUT2D eigenvalue weighted by molar-refractivity contribution is -0.384. The number of benzene rings is 1. The number of rotatable bonds is 2. The zero-order valence-electron chi connectivity index (χ0n) is 19.0. The minimum Gasteiger partial charge on any atom is -0.447 e. The fourth-order valence-electron chi connectivity index (χ4n) is 5.99. The molecule has 1 aromatic rings. The van der Waals surface area contributed by atoms with Gasteiger partial charge in [-0.1, -0.05) is 44.9 Å². The zero-order valence-corrected chi connectivity index (χ0v) is 19.0. The summed E-state index contributed by atoms with van der Waals surface area (Å²) in [6.45, 7) is 0. The lowest BCUT2D eigenvalue weighted by Crippen LogP contribution is -2.59. The van der Waals surface area contributed by atoms with E-state index in [1.165, 1.54) is 24.3 Å². The Morgan fingerprint density at radius 3 is 2.09 bits per heavy atom. The second-order valence-electron chi connectivity index (χ2n) is 9.46. The number of hydrogen-bond acceptors (Lipinski definition) is 8. The van der Waals surface area contributed by atoms with Crippen LogP contribution in [0.3, 0.4) is 0 Å². The summed E-state index contributed by atoms with van der Waals surface area (Å²) in [6, 6.07) is 11.8. The van der Waals surface area contributed by atoms with E-state index in [1.54, 1.807) is 0 Å². The van der Waals surface area contributed by atoms with E-state index < -0.39 is 33.6 Å². The van der Waals surface area contributed by atoms with E-state index in [9.17, 15) is 25.9 Å². The van der Waals surface area contributed by atoms with E-state index in [0.717, 1.165) is 51.4 Å². The lowest BCUT2D eigenvalue weighted by Gasteiger charge is -2.50. The standard InChI is InChI=1S/C25H27N5O4/c26-15-23(16-27)21(18-10-12-19(13-11-18)30(31)32)33-25-14-8-6-4-2-1-3-5-7-9-20(25)24(23,17-28)22(29)34-25/h10-13,20-21,29H,1-9,14H2. The first-order chi connectivity index (χ1) is 16.4. The number of non-ortho nitro benzene ring substituents is 1. The fourth-order valence-corrected chi connectivity index (χ4v) is 5.99. The van der Waals surface area contributed by atoms with E-state index in [4.69, 9.17) is 14.9 Å². The summed E-state index contributed by atoms with van der Waals surface area (Å²) in [4.78, 5) is 10.6. The number of nitro groups is 1. The molecule has 0 amide bonds. The van der Waals surface area contributed by atoms with Gasteiger partial charge in [0.1, 0.15) is 6.10 Å². The SMILES string of the molecule is N#CC1(C#N)C(c2ccc([N+](=O)[O-])cc2)OC23CCCCCCCCCCC2C1(C#N)C(=N)O3. The molecule has 34 heavy (non-hydrogen) atoms. The normalized spacial score (nSPS) is 32.9. The van der Waals surface area contributed by atoms with Crippen molar-refractivity contribution >= 4 is 11.6 Å². The molecule has 1 aromatic carbocycles. The molecule has 176 valence electrons. The van der Waals surface area contributed by atoms with Gasteiger partial charge in [0, 0.05) is 18.6 Å². The third kappa shape index (κ3) is 3.33. The fraction of sp³-hybridized carbons (Fsp3) is 0.600. The molecular formula is C25H27N5O4. The first-order valence-corrected chi connectivity index (χ1v) is 11.8. The smallest absolute Gasteiger partial charge is 0.269 e. The van der Waals surface area contributed by atoms with Crippen LogP contribution in [0.5, 0.6) is 0 Å². The maximum absolute atomic E-state index is 11.1. The Hall–Kier alpha value is -3.48. The van der Waals surface area contributed by atoms with Gasteiger partial charge in [-0.3, -0.25) is 15.5 Å². The largest absolute Gasteiger partial charge is 0.447 e. The molecule has 1 N–H and O–H groups in total. The van der Waals surface area contributed by atoms with Gasteiger partial charge in [-0.05, 0) is 30.5 Å². The predicted octanol–water partition coefficient (Wildman–Crippen LogP) is 5.44. The van der Waals surface area contributed by atoms with E-state index in [2.05, 4.69) is 18.2 Å². The van der Waals surface area contributed by atoms with Crippen molar-refractivity contribution in [3.8, 4) is 18.2 Å². The number of nitrogens with one attached hydrogen (secondary N) is 1. The van der Waals surface area contributed by atoms with Crippen molar-refractivity contribution in [1.82, 2.24) is 0 Å². The maximum Gasteiger partial charge on any atom is 0.269 e. The molecule has 2 aliphatic heterocycles. The van der Waals surface area contributed by atoms with Gasteiger partial charge >= 0.3 is 0 Å². The molecule has 1 aliphatic carbocycles. The number of ether oxygens (including phenoxy) is 2. The molecule has 2 heterocycles. The first kappa shape index (κ1) is 23.7. The van der Waals surface area contributed by atoms with Crippen molar-refractivity contribution < 1.29 is 14.4 Å². The quantitative estimate of drug-likeness (QED) is 0.453. The van der Waals surface area contributed by atoms with Gasteiger partial charge in [0.15, 0.2) is 5.41 Å². The molecule has 9 heteroatoms. The zero-order chi connectivity index (χ0) is 24.4. The van der Waals surface area contributed by atoms with E-state index >= 15 is 0 Å². The van der Waals surface area contributed by atoms with E-state index in [1.807, 2.05) is 0 Å². The second-order valence-corrected chi connectivity index (χ2v) is 9.46. The van der Waals surface area contributed by atoms with Crippen LogP contribution in [-0.4, -0.2) is 16.6 Å². The summed E-state index contributed by atoms with van der Waals surface area (Å²) >= 11 is 0. The van der Waals surface area contributed by atoms with Crippen LogP contribution in [0.2, 0.25) is 0 Å². The molecular weight excluding hydrogens is 434 g/mol. The van der Waals surface area contributed by atoms with Crippen LogP contribution in [0.4, 0.5) is 5.69 Å². The van der Waals surface area contributed by atoms with Gasteiger partial charge < -0.3 is 9.47 Å². The summed E-state index contributed by atoms with van der Waals surface area (Å²) < 4.78 is 12.6. The van der Waals surface area contributed by atoms with Crippen LogP contribution < -0.4 is 0 Å². The monoisotopic (exact) mass is 461 g/mol. The van der Waals surface area contributed by atoms with Crippen LogP contribution in [0.1, 0.15) is 75.9 Å². The van der Waals surface area contributed by atoms with Crippen molar-refractivity contribution in [3.63, 3.8) is 0 Å². The second kappa shape index (κ2) is 9.05. The van der Waals surface area contributed by atoms with Crippen molar-refractivity contribution in [3.05, 3.63) is 39.9 Å². The molecule has 0 radical (unpaired) electrons. The van der Waals surface area contributed by atoms with E-state index in [-0.39, 0.29) is 11.6 Å². The number of nitriles is 3. The molecule has 4 rings (SSSR count). The number of nitro benzene ring substituents is 1. The Labute approximate surface area is 198 Å². The van der Waals surface area contributed by atoms with Gasteiger partial charge in [-0.2, -0.15) is 15.8 Å².